The molecule has 5 nitrogen and oxygen atoms in total. The standard InChI is InChI=1S/C13H11ClN4OS/c1-8-7-20-13(15-8)18-12(11(6-19)16-17-18)9-3-2-4-10(14)5-9/h2-5,7,19H,6H2,1H3. The van der Waals surface area contributed by atoms with Gasteiger partial charge >= 0.3 is 0 Å². The molecule has 0 atom stereocenters. The van der Waals surface area contributed by atoms with E-state index in [1.807, 2.05) is 30.5 Å². The van der Waals surface area contributed by atoms with Crippen LogP contribution >= 0.6 is 22.9 Å². The number of rotatable bonds is 3. The molecule has 0 aliphatic carbocycles. The SMILES string of the molecule is Cc1csc(-n2nnc(CO)c2-c2cccc(Cl)c2)n1. The summed E-state index contributed by atoms with van der Waals surface area (Å²) in [7, 11) is 0. The molecule has 0 fully saturated rings. The quantitative estimate of drug-likeness (QED) is 0.808. The average molecular weight is 307 g/mol. The van der Waals surface area contributed by atoms with E-state index in [9.17, 15) is 5.11 Å². The summed E-state index contributed by atoms with van der Waals surface area (Å²) in [6.45, 7) is 1.73. The lowest BCUT2D eigenvalue weighted by molar-refractivity contribution is 0.277. The maximum absolute atomic E-state index is 9.45. The van der Waals surface area contributed by atoms with Gasteiger partial charge in [0.1, 0.15) is 11.4 Å². The second-order valence-corrected chi connectivity index (χ2v) is 5.51. The molecule has 1 N–H and O–H groups in total. The van der Waals surface area contributed by atoms with E-state index in [0.29, 0.717) is 21.5 Å². The fourth-order valence-corrected chi connectivity index (χ4v) is 2.86. The Morgan fingerprint density at radius 2 is 2.25 bits per heavy atom. The number of thiazole rings is 1. The van der Waals surface area contributed by atoms with Gasteiger partial charge in [0.05, 0.1) is 12.3 Å². The summed E-state index contributed by atoms with van der Waals surface area (Å²) >= 11 is 7.51. The highest BCUT2D eigenvalue weighted by molar-refractivity contribution is 7.12. The number of aromatic nitrogens is 4. The molecule has 3 aromatic rings. The Morgan fingerprint density at radius 3 is 2.90 bits per heavy atom. The van der Waals surface area contributed by atoms with Crippen LogP contribution in [0.5, 0.6) is 0 Å². The number of aliphatic hydroxyl groups is 1. The number of aryl methyl sites for hydroxylation is 1. The Hall–Kier alpha value is -1.76. The lowest BCUT2D eigenvalue weighted by Crippen LogP contribution is -2.00. The molecule has 2 heterocycles. The van der Waals surface area contributed by atoms with Gasteiger partial charge in [-0.05, 0) is 19.1 Å². The van der Waals surface area contributed by atoms with Crippen molar-refractivity contribution in [1.82, 2.24) is 20.0 Å². The van der Waals surface area contributed by atoms with Crippen molar-refractivity contribution in [3.8, 4) is 16.4 Å². The predicted molar refractivity (Wildman–Crippen MR) is 78.1 cm³/mol. The molecule has 1 aromatic carbocycles. The molecule has 20 heavy (non-hydrogen) atoms. The van der Waals surface area contributed by atoms with Crippen LogP contribution in [0.4, 0.5) is 0 Å². The summed E-state index contributed by atoms with van der Waals surface area (Å²) in [6, 6.07) is 7.37. The van der Waals surface area contributed by atoms with E-state index in [1.54, 1.807) is 10.7 Å². The molecule has 0 amide bonds. The minimum atomic E-state index is -0.188. The lowest BCUT2D eigenvalue weighted by Gasteiger charge is -2.05. The predicted octanol–water partition coefficient (Wildman–Crippen LogP) is 2.84. The fraction of sp³-hybridized carbons (Fsp3) is 0.154. The van der Waals surface area contributed by atoms with Gasteiger partial charge in [-0.25, -0.2) is 4.98 Å². The maximum Gasteiger partial charge on any atom is 0.212 e. The van der Waals surface area contributed by atoms with Crippen molar-refractivity contribution < 1.29 is 5.11 Å². The van der Waals surface area contributed by atoms with Gasteiger partial charge in [-0.1, -0.05) is 28.9 Å². The molecular weight excluding hydrogens is 296 g/mol. The van der Waals surface area contributed by atoms with Crippen LogP contribution in [-0.2, 0) is 6.61 Å². The molecule has 3 rings (SSSR count). The molecular formula is C13H11ClN4OS. The zero-order valence-corrected chi connectivity index (χ0v) is 12.2. The number of halogens is 1. The van der Waals surface area contributed by atoms with Crippen molar-refractivity contribution in [2.24, 2.45) is 0 Å². The normalized spacial score (nSPS) is 10.9. The zero-order valence-electron chi connectivity index (χ0n) is 10.6. The van der Waals surface area contributed by atoms with E-state index in [2.05, 4.69) is 15.3 Å². The average Bonchev–Trinajstić information content (AvgIpc) is 3.04. The first-order chi connectivity index (χ1) is 9.69. The molecule has 0 unspecified atom stereocenters. The summed E-state index contributed by atoms with van der Waals surface area (Å²) < 4.78 is 1.63. The topological polar surface area (TPSA) is 63.8 Å². The minimum absolute atomic E-state index is 0.188. The number of benzene rings is 1. The Morgan fingerprint density at radius 1 is 1.40 bits per heavy atom. The van der Waals surface area contributed by atoms with Crippen molar-refractivity contribution in [1.29, 1.82) is 0 Å². The van der Waals surface area contributed by atoms with Crippen LogP contribution in [0, 0.1) is 6.92 Å². The molecule has 0 spiro atoms. The van der Waals surface area contributed by atoms with Crippen molar-refractivity contribution in [2.75, 3.05) is 0 Å². The van der Waals surface area contributed by atoms with Gasteiger partial charge in [0.2, 0.25) is 5.13 Å². The molecule has 2 aromatic heterocycles. The highest BCUT2D eigenvalue weighted by Gasteiger charge is 2.17. The second kappa shape index (κ2) is 5.32. The van der Waals surface area contributed by atoms with Gasteiger partial charge in [-0.3, -0.25) is 0 Å². The van der Waals surface area contributed by atoms with Crippen LogP contribution in [0.3, 0.4) is 0 Å². The second-order valence-electron chi connectivity index (χ2n) is 4.24. The summed E-state index contributed by atoms with van der Waals surface area (Å²) in [6.07, 6.45) is 0. The first-order valence-corrected chi connectivity index (χ1v) is 7.18. The summed E-state index contributed by atoms with van der Waals surface area (Å²) in [5, 5.41) is 20.8. The minimum Gasteiger partial charge on any atom is -0.390 e. The van der Waals surface area contributed by atoms with E-state index >= 15 is 0 Å². The van der Waals surface area contributed by atoms with E-state index in [4.69, 9.17) is 11.6 Å². The molecule has 7 heteroatoms. The van der Waals surface area contributed by atoms with Gasteiger partial charge in [0.25, 0.3) is 0 Å². The molecule has 0 saturated carbocycles. The molecule has 0 aliphatic rings. The van der Waals surface area contributed by atoms with Crippen molar-refractivity contribution in [3.63, 3.8) is 0 Å². The van der Waals surface area contributed by atoms with Crippen LogP contribution in [0.2, 0.25) is 5.02 Å². The van der Waals surface area contributed by atoms with E-state index in [0.717, 1.165) is 11.3 Å². The van der Waals surface area contributed by atoms with Gasteiger partial charge in [-0.15, -0.1) is 16.4 Å². The van der Waals surface area contributed by atoms with Crippen LogP contribution < -0.4 is 0 Å². The zero-order chi connectivity index (χ0) is 14.1. The monoisotopic (exact) mass is 306 g/mol. The third-order valence-electron chi connectivity index (χ3n) is 2.78. The largest absolute Gasteiger partial charge is 0.390 e. The first kappa shape index (κ1) is 13.2. The van der Waals surface area contributed by atoms with Gasteiger partial charge in [0, 0.05) is 16.0 Å². The van der Waals surface area contributed by atoms with Crippen LogP contribution in [0.15, 0.2) is 29.6 Å². The highest BCUT2D eigenvalue weighted by atomic mass is 35.5. The Bertz CT molecular complexity index is 752. The molecule has 0 aliphatic heterocycles. The number of hydrogen-bond donors (Lipinski definition) is 1. The molecule has 0 bridgehead atoms. The van der Waals surface area contributed by atoms with E-state index < -0.39 is 0 Å². The Labute approximate surface area is 124 Å². The van der Waals surface area contributed by atoms with E-state index in [-0.39, 0.29) is 6.61 Å². The van der Waals surface area contributed by atoms with Crippen LogP contribution in [0.25, 0.3) is 16.4 Å². The van der Waals surface area contributed by atoms with Crippen molar-refractivity contribution in [2.45, 2.75) is 13.5 Å². The third-order valence-corrected chi connectivity index (χ3v) is 3.95. The fourth-order valence-electron chi connectivity index (χ4n) is 1.92. The smallest absolute Gasteiger partial charge is 0.212 e. The lowest BCUT2D eigenvalue weighted by atomic mass is 10.1. The first-order valence-electron chi connectivity index (χ1n) is 5.93. The maximum atomic E-state index is 9.45. The molecule has 102 valence electrons. The van der Waals surface area contributed by atoms with E-state index in [1.165, 1.54) is 11.3 Å². The number of hydrogen-bond acceptors (Lipinski definition) is 5. The number of aliphatic hydroxyl groups excluding tert-OH is 1. The van der Waals surface area contributed by atoms with Gasteiger partial charge in [-0.2, -0.15) is 4.68 Å². The molecule has 0 radical (unpaired) electrons. The highest BCUT2D eigenvalue weighted by Crippen LogP contribution is 2.28. The summed E-state index contributed by atoms with van der Waals surface area (Å²) in [4.78, 5) is 4.40. The van der Waals surface area contributed by atoms with Crippen LogP contribution in [-0.4, -0.2) is 25.1 Å². The Balaban J connectivity index is 2.20. The Kier molecular flexibility index (Phi) is 3.52. The van der Waals surface area contributed by atoms with Gasteiger partial charge in [0.15, 0.2) is 0 Å². The van der Waals surface area contributed by atoms with Crippen LogP contribution in [0.1, 0.15) is 11.4 Å². The summed E-state index contributed by atoms with van der Waals surface area (Å²) in [5.74, 6) is 0. The van der Waals surface area contributed by atoms with Crippen molar-refractivity contribution in [3.05, 3.63) is 46.1 Å². The van der Waals surface area contributed by atoms with Gasteiger partial charge < -0.3 is 5.11 Å². The number of nitrogens with zero attached hydrogens (tertiary/aromatic N) is 4. The molecule has 0 saturated heterocycles. The van der Waals surface area contributed by atoms with Crippen molar-refractivity contribution >= 4 is 22.9 Å². The summed E-state index contributed by atoms with van der Waals surface area (Å²) in [5.41, 5.74) is 2.98. The third kappa shape index (κ3) is 2.33.